The summed E-state index contributed by atoms with van der Waals surface area (Å²) in [4.78, 5) is 30.4. The van der Waals surface area contributed by atoms with Gasteiger partial charge in [0, 0.05) is 35.0 Å². The van der Waals surface area contributed by atoms with Gasteiger partial charge >= 0.3 is 0 Å². The first-order valence-electron chi connectivity index (χ1n) is 19.4. The summed E-state index contributed by atoms with van der Waals surface area (Å²) < 4.78 is 0. The molecule has 51 heavy (non-hydrogen) atoms. The van der Waals surface area contributed by atoms with Gasteiger partial charge in [0.1, 0.15) is 11.3 Å². The summed E-state index contributed by atoms with van der Waals surface area (Å²) in [5.74, 6) is -1.19. The predicted octanol–water partition coefficient (Wildman–Crippen LogP) is 7.38. The minimum absolute atomic E-state index is 0.0824. The van der Waals surface area contributed by atoms with Gasteiger partial charge in [-0.1, -0.05) is 88.3 Å². The fraction of sp³-hybridized carbons (Fsp3) is 0.488. The maximum Gasteiger partial charge on any atom is 0.229 e. The molecule has 4 aromatic carbocycles. The number of unbranched alkanes of at least 4 members (excludes halogenated alkanes) is 7. The Bertz CT molecular complexity index is 2050. The van der Waals surface area contributed by atoms with Crippen LogP contribution in [0.4, 0.5) is 22.7 Å². The molecule has 4 aromatic rings. The van der Waals surface area contributed by atoms with E-state index in [-0.39, 0.29) is 11.8 Å². The molecule has 4 unspecified atom stereocenters. The van der Waals surface area contributed by atoms with Gasteiger partial charge in [0.05, 0.1) is 11.4 Å². The van der Waals surface area contributed by atoms with Crippen LogP contribution in [0, 0.1) is 0 Å². The molecule has 3 fully saturated rings. The van der Waals surface area contributed by atoms with Crippen molar-refractivity contribution < 1.29 is 19.8 Å². The molecule has 0 spiro atoms. The summed E-state index contributed by atoms with van der Waals surface area (Å²) in [5.41, 5.74) is 4.28. The van der Waals surface area contributed by atoms with E-state index in [1.165, 1.54) is 38.5 Å². The van der Waals surface area contributed by atoms with Crippen molar-refractivity contribution in [3.05, 3.63) is 71.8 Å². The third kappa shape index (κ3) is 4.85. The summed E-state index contributed by atoms with van der Waals surface area (Å²) in [7, 11) is 0. The van der Waals surface area contributed by atoms with E-state index in [1.807, 2.05) is 70.5 Å². The van der Waals surface area contributed by atoms with E-state index >= 15 is 0 Å². The van der Waals surface area contributed by atoms with E-state index in [0.29, 0.717) is 12.8 Å². The number of amides is 2. The Labute approximate surface area is 300 Å². The fourth-order valence-electron chi connectivity index (χ4n) is 10.4. The number of benzene rings is 4. The number of nitrogens with zero attached hydrogens (tertiary/aromatic N) is 2. The monoisotopic (exact) mass is 684 g/mol. The molecule has 1 saturated carbocycles. The van der Waals surface area contributed by atoms with E-state index in [1.54, 1.807) is 0 Å². The summed E-state index contributed by atoms with van der Waals surface area (Å²) in [6.07, 6.45) is 11.1. The lowest BCUT2D eigenvalue weighted by molar-refractivity contribution is -0.535. The van der Waals surface area contributed by atoms with Crippen LogP contribution in [0.15, 0.2) is 60.7 Å². The van der Waals surface area contributed by atoms with E-state index in [4.69, 9.17) is 0 Å². The maximum absolute atomic E-state index is 14.3. The topological polar surface area (TPSA) is 111 Å². The van der Waals surface area contributed by atoms with Crippen molar-refractivity contribution in [1.82, 2.24) is 0 Å². The number of carbonyl (C=O) groups is 2. The smallest absolute Gasteiger partial charge is 0.229 e. The SMILES string of the molecule is CCCCCCCCCCC12CCC(=O)N1c1cccc3c(C4C([O-])C(c5ccc6c7c(cccc57)N5C(=O)CCC5(C)N6)C4[O-])ccc(c13)N2. The first kappa shape index (κ1) is 32.7. The quantitative estimate of drug-likeness (QED) is 0.160. The summed E-state index contributed by atoms with van der Waals surface area (Å²) in [5, 5.41) is 39.6. The normalized spacial score (nSPS) is 28.9. The van der Waals surface area contributed by atoms with Crippen molar-refractivity contribution in [3.63, 3.8) is 0 Å². The Morgan fingerprint density at radius 1 is 0.667 bits per heavy atom. The zero-order valence-electron chi connectivity index (χ0n) is 29.8. The highest BCUT2D eigenvalue weighted by molar-refractivity contribution is 6.15. The lowest BCUT2D eigenvalue weighted by atomic mass is 9.62. The number of hydrogen-bond acceptors (Lipinski definition) is 6. The molecule has 2 saturated heterocycles. The molecule has 4 aliphatic heterocycles. The van der Waals surface area contributed by atoms with Gasteiger partial charge in [-0.15, -0.1) is 12.2 Å². The van der Waals surface area contributed by atoms with E-state index in [2.05, 4.69) is 24.5 Å². The molecule has 8 nitrogen and oxygen atoms in total. The van der Waals surface area contributed by atoms with Crippen LogP contribution in [-0.2, 0) is 9.59 Å². The minimum Gasteiger partial charge on any atom is -0.851 e. The van der Waals surface area contributed by atoms with Crippen LogP contribution in [0.3, 0.4) is 0 Å². The van der Waals surface area contributed by atoms with Gasteiger partial charge in [-0.25, -0.2) is 0 Å². The number of anilines is 4. The Morgan fingerprint density at radius 2 is 1.20 bits per heavy atom. The number of carbonyl (C=O) groups excluding carboxylic acids is 2. The van der Waals surface area contributed by atoms with Crippen LogP contribution in [0.2, 0.25) is 0 Å². The van der Waals surface area contributed by atoms with Crippen LogP contribution in [-0.4, -0.2) is 35.3 Å². The van der Waals surface area contributed by atoms with Crippen molar-refractivity contribution in [2.75, 3.05) is 20.4 Å². The van der Waals surface area contributed by atoms with Gasteiger partial charge in [0.15, 0.2) is 0 Å². The summed E-state index contributed by atoms with van der Waals surface area (Å²) in [6, 6.07) is 19.9. The van der Waals surface area contributed by atoms with Crippen LogP contribution in [0.25, 0.3) is 21.5 Å². The van der Waals surface area contributed by atoms with Crippen LogP contribution in [0.1, 0.15) is 120 Å². The molecule has 9 rings (SSSR count). The van der Waals surface area contributed by atoms with E-state index in [0.717, 1.165) is 87.5 Å². The zero-order valence-corrected chi connectivity index (χ0v) is 29.8. The highest BCUT2D eigenvalue weighted by atomic mass is 16.3. The van der Waals surface area contributed by atoms with Crippen LogP contribution >= 0.6 is 0 Å². The first-order valence-corrected chi connectivity index (χ1v) is 19.4. The van der Waals surface area contributed by atoms with Gasteiger partial charge in [0.2, 0.25) is 11.8 Å². The average molecular weight is 685 g/mol. The summed E-state index contributed by atoms with van der Waals surface area (Å²) in [6.45, 7) is 4.30. The van der Waals surface area contributed by atoms with Gasteiger partial charge in [-0.3, -0.25) is 19.4 Å². The van der Waals surface area contributed by atoms with Crippen molar-refractivity contribution in [3.8, 4) is 0 Å². The molecule has 2 amide bonds. The Morgan fingerprint density at radius 3 is 1.82 bits per heavy atom. The third-order valence-electron chi connectivity index (χ3n) is 12.9. The second-order valence-electron chi connectivity index (χ2n) is 16.0. The Balaban J connectivity index is 0.998. The predicted molar refractivity (Wildman–Crippen MR) is 200 cm³/mol. The van der Waals surface area contributed by atoms with E-state index in [9.17, 15) is 19.8 Å². The highest BCUT2D eigenvalue weighted by Crippen LogP contribution is 2.55. The van der Waals surface area contributed by atoms with Crippen molar-refractivity contribution in [2.45, 2.75) is 133 Å². The molecular weight excluding hydrogens is 636 g/mol. The lowest BCUT2D eigenvalue weighted by Crippen LogP contribution is -2.63. The maximum atomic E-state index is 14.3. The molecule has 2 N–H and O–H groups in total. The van der Waals surface area contributed by atoms with E-state index < -0.39 is 35.4 Å². The number of fused-ring (bicyclic) bond motifs is 4. The van der Waals surface area contributed by atoms with Crippen molar-refractivity contribution in [2.24, 2.45) is 0 Å². The van der Waals surface area contributed by atoms with Gasteiger partial charge < -0.3 is 20.8 Å². The largest absolute Gasteiger partial charge is 0.851 e. The zero-order chi connectivity index (χ0) is 35.1. The number of nitrogens with one attached hydrogen (secondary N) is 2. The number of hydrogen-bond donors (Lipinski definition) is 2. The second-order valence-corrected chi connectivity index (χ2v) is 16.0. The van der Waals surface area contributed by atoms with Gasteiger partial charge in [0.25, 0.3) is 0 Å². The highest BCUT2D eigenvalue weighted by Gasteiger charge is 2.50. The standard InChI is InChI=1S/C43H48N4O4/c1-3-4-5-6-7-8-9-10-23-43-25-22-35(49)47(43)33-16-12-14-27-29(18-20-31(45-43)37(27)33)39-40(50)38(41(39)51)28-17-19-30-36-26(28)13-11-15-32(36)46-34(48)21-24-42(46,2)44-30/h11-20,38-41,44-45H,3-10,21-25H2,1-2H3/q-2. The molecule has 0 bridgehead atoms. The first-order chi connectivity index (χ1) is 24.8. The Kier molecular flexibility index (Phi) is 7.85. The molecule has 0 aromatic heterocycles. The second kappa shape index (κ2) is 12.2. The molecule has 4 atom stereocenters. The molecule has 5 aliphatic rings. The van der Waals surface area contributed by atoms with Crippen molar-refractivity contribution >= 4 is 56.1 Å². The minimum atomic E-state index is -1.12. The lowest BCUT2D eigenvalue weighted by Gasteiger charge is -2.62. The molecule has 8 heteroatoms. The average Bonchev–Trinajstić information content (AvgIpc) is 3.63. The molecule has 4 heterocycles. The van der Waals surface area contributed by atoms with Crippen molar-refractivity contribution in [1.29, 1.82) is 0 Å². The van der Waals surface area contributed by atoms with Gasteiger partial charge in [-0.2, -0.15) is 0 Å². The third-order valence-corrected chi connectivity index (χ3v) is 12.9. The number of rotatable bonds is 11. The molecule has 266 valence electrons. The van der Waals surface area contributed by atoms with Crippen LogP contribution < -0.4 is 30.6 Å². The Hall–Kier alpha value is -4.14. The van der Waals surface area contributed by atoms with Crippen LogP contribution in [0.5, 0.6) is 0 Å². The fourth-order valence-corrected chi connectivity index (χ4v) is 10.4. The molecule has 0 radical (unpaired) electrons. The van der Waals surface area contributed by atoms with Gasteiger partial charge in [-0.05, 0) is 90.6 Å². The molecule has 1 aliphatic carbocycles. The summed E-state index contributed by atoms with van der Waals surface area (Å²) >= 11 is 0. The molecular formula is C43H48N4O4-2.